The molecule has 1 N–H and O–H groups in total. The van der Waals surface area contributed by atoms with Crippen LogP contribution < -0.4 is 5.32 Å². The predicted octanol–water partition coefficient (Wildman–Crippen LogP) is 2.41. The van der Waals surface area contributed by atoms with Crippen molar-refractivity contribution in [3.63, 3.8) is 0 Å². The minimum atomic E-state index is 0.465. The summed E-state index contributed by atoms with van der Waals surface area (Å²) in [7, 11) is 2.22. The van der Waals surface area contributed by atoms with Crippen LogP contribution in [0.4, 0.5) is 5.82 Å². The molecule has 0 amide bonds. The molecule has 4 heterocycles. The third-order valence-electron chi connectivity index (χ3n) is 5.55. The monoisotopic (exact) mass is 356 g/mol. The lowest BCUT2D eigenvalue weighted by Gasteiger charge is -2.41. The molecule has 4 rings (SSSR count). The lowest BCUT2D eigenvalue weighted by molar-refractivity contribution is 0.0978. The van der Waals surface area contributed by atoms with Gasteiger partial charge in [0.15, 0.2) is 5.82 Å². The molecule has 1 unspecified atom stereocenters. The number of hydrogen-bond donors (Lipinski definition) is 1. The van der Waals surface area contributed by atoms with E-state index < -0.39 is 0 Å². The zero-order chi connectivity index (χ0) is 17.9. The molecule has 2 aliphatic rings. The Balaban J connectivity index is 1.34. The first-order chi connectivity index (χ1) is 12.7. The quantitative estimate of drug-likeness (QED) is 0.902. The minimum absolute atomic E-state index is 0.465. The molecule has 2 fully saturated rings. The Morgan fingerprint density at radius 1 is 1.15 bits per heavy atom. The third kappa shape index (κ3) is 4.04. The zero-order valence-electron chi connectivity index (χ0n) is 15.7. The van der Waals surface area contributed by atoms with Gasteiger partial charge < -0.3 is 14.7 Å². The largest absolute Gasteiger partial charge is 0.366 e. The van der Waals surface area contributed by atoms with Gasteiger partial charge in [-0.1, -0.05) is 5.16 Å². The van der Waals surface area contributed by atoms with Gasteiger partial charge in [0, 0.05) is 24.8 Å². The van der Waals surface area contributed by atoms with Gasteiger partial charge in [-0.2, -0.15) is 4.98 Å². The van der Waals surface area contributed by atoms with E-state index in [0.717, 1.165) is 24.0 Å². The number of aromatic nitrogens is 3. The summed E-state index contributed by atoms with van der Waals surface area (Å²) < 4.78 is 5.20. The highest BCUT2D eigenvalue weighted by atomic mass is 16.5. The Bertz CT molecular complexity index is 707. The van der Waals surface area contributed by atoms with Crippen LogP contribution >= 0.6 is 0 Å². The number of pyridine rings is 1. The van der Waals surface area contributed by atoms with E-state index in [-0.39, 0.29) is 0 Å². The summed E-state index contributed by atoms with van der Waals surface area (Å²) in [5.41, 5.74) is 0.854. The summed E-state index contributed by atoms with van der Waals surface area (Å²) in [6, 6.07) is 5.20. The molecule has 1 atom stereocenters. The summed E-state index contributed by atoms with van der Waals surface area (Å²) in [4.78, 5) is 13.9. The van der Waals surface area contributed by atoms with Gasteiger partial charge in [-0.25, -0.2) is 4.98 Å². The van der Waals surface area contributed by atoms with E-state index in [1.165, 1.54) is 45.3 Å². The molecule has 2 aromatic rings. The molecule has 2 saturated heterocycles. The number of hydrogen-bond acceptors (Lipinski definition) is 7. The van der Waals surface area contributed by atoms with E-state index in [0.29, 0.717) is 17.8 Å². The highest BCUT2D eigenvalue weighted by molar-refractivity contribution is 5.54. The van der Waals surface area contributed by atoms with E-state index in [4.69, 9.17) is 4.52 Å². The maximum absolute atomic E-state index is 5.20. The van der Waals surface area contributed by atoms with Gasteiger partial charge in [-0.3, -0.25) is 4.90 Å². The van der Waals surface area contributed by atoms with E-state index in [1.54, 1.807) is 6.20 Å². The Kier molecular flexibility index (Phi) is 5.17. The van der Waals surface area contributed by atoms with Crippen molar-refractivity contribution in [1.82, 2.24) is 24.9 Å². The molecule has 0 aliphatic carbocycles. The standard InChI is InChI=1S/C19H28N6O/c1-14-21-19(26-23-14)15-5-6-18(20-12-15)22-16-4-3-9-25(13-16)17-7-10-24(2)11-8-17/h5-6,12,16-17H,3-4,7-11,13H2,1-2H3,(H,20,22). The highest BCUT2D eigenvalue weighted by Crippen LogP contribution is 2.23. The highest BCUT2D eigenvalue weighted by Gasteiger charge is 2.28. The molecule has 2 aliphatic heterocycles. The molecule has 26 heavy (non-hydrogen) atoms. The van der Waals surface area contributed by atoms with E-state index in [1.807, 2.05) is 19.1 Å². The number of aryl methyl sites for hydroxylation is 1. The van der Waals surface area contributed by atoms with Gasteiger partial charge in [0.05, 0.1) is 5.56 Å². The predicted molar refractivity (Wildman–Crippen MR) is 101 cm³/mol. The van der Waals surface area contributed by atoms with Gasteiger partial charge in [0.1, 0.15) is 5.82 Å². The van der Waals surface area contributed by atoms with E-state index >= 15 is 0 Å². The molecular weight excluding hydrogens is 328 g/mol. The molecule has 0 aromatic carbocycles. The number of nitrogens with zero attached hydrogens (tertiary/aromatic N) is 5. The molecule has 0 radical (unpaired) electrons. The fourth-order valence-electron chi connectivity index (χ4n) is 4.05. The van der Waals surface area contributed by atoms with Gasteiger partial charge in [0.2, 0.25) is 0 Å². The van der Waals surface area contributed by atoms with E-state index in [2.05, 4.69) is 37.3 Å². The van der Waals surface area contributed by atoms with Crippen LogP contribution in [0, 0.1) is 6.92 Å². The van der Waals surface area contributed by atoms with Crippen LogP contribution in [0.3, 0.4) is 0 Å². The topological polar surface area (TPSA) is 70.3 Å². The molecule has 0 saturated carbocycles. The summed E-state index contributed by atoms with van der Waals surface area (Å²) in [6.45, 7) is 6.60. The Hall–Kier alpha value is -1.99. The fraction of sp³-hybridized carbons (Fsp3) is 0.632. The average molecular weight is 356 g/mol. The van der Waals surface area contributed by atoms with Crippen molar-refractivity contribution < 1.29 is 4.52 Å². The summed E-state index contributed by atoms with van der Waals surface area (Å²) in [5, 5.41) is 7.44. The van der Waals surface area contributed by atoms with Crippen molar-refractivity contribution in [2.75, 3.05) is 38.5 Å². The molecular formula is C19H28N6O. The summed E-state index contributed by atoms with van der Waals surface area (Å²) in [5.74, 6) is 2.08. The Morgan fingerprint density at radius 3 is 2.69 bits per heavy atom. The van der Waals surface area contributed by atoms with Gasteiger partial charge in [-0.05, 0) is 71.4 Å². The van der Waals surface area contributed by atoms with Crippen molar-refractivity contribution >= 4 is 5.82 Å². The van der Waals surface area contributed by atoms with Crippen LogP contribution in [0.5, 0.6) is 0 Å². The SMILES string of the molecule is Cc1noc(-c2ccc(NC3CCCN(C4CCN(C)CC4)C3)nc2)n1. The maximum atomic E-state index is 5.20. The molecule has 140 valence electrons. The van der Waals surface area contributed by atoms with E-state index in [9.17, 15) is 0 Å². The van der Waals surface area contributed by atoms with Crippen LogP contribution in [0.1, 0.15) is 31.5 Å². The van der Waals surface area contributed by atoms with Crippen LogP contribution in [0.2, 0.25) is 0 Å². The number of piperidine rings is 2. The second-order valence-electron chi connectivity index (χ2n) is 7.59. The molecule has 2 aromatic heterocycles. The maximum Gasteiger partial charge on any atom is 0.259 e. The van der Waals surface area contributed by atoms with Crippen molar-refractivity contribution in [2.45, 2.75) is 44.7 Å². The second kappa shape index (κ2) is 7.72. The average Bonchev–Trinajstić information content (AvgIpc) is 3.10. The third-order valence-corrected chi connectivity index (χ3v) is 5.55. The lowest BCUT2D eigenvalue weighted by Crippen LogP contribution is -2.50. The van der Waals surface area contributed by atoms with Crippen molar-refractivity contribution in [3.05, 3.63) is 24.2 Å². The first-order valence-electron chi connectivity index (χ1n) is 9.63. The number of anilines is 1. The zero-order valence-corrected chi connectivity index (χ0v) is 15.7. The van der Waals surface area contributed by atoms with Crippen molar-refractivity contribution in [1.29, 1.82) is 0 Å². The fourth-order valence-corrected chi connectivity index (χ4v) is 4.05. The van der Waals surface area contributed by atoms with Gasteiger partial charge in [-0.15, -0.1) is 0 Å². The van der Waals surface area contributed by atoms with Gasteiger partial charge >= 0.3 is 0 Å². The van der Waals surface area contributed by atoms with Crippen LogP contribution in [-0.2, 0) is 0 Å². The van der Waals surface area contributed by atoms with Crippen molar-refractivity contribution in [2.24, 2.45) is 0 Å². The smallest absolute Gasteiger partial charge is 0.259 e. The first-order valence-corrected chi connectivity index (χ1v) is 9.63. The van der Waals surface area contributed by atoms with Gasteiger partial charge in [0.25, 0.3) is 5.89 Å². The van der Waals surface area contributed by atoms with Crippen LogP contribution in [-0.4, -0.2) is 70.2 Å². The van der Waals surface area contributed by atoms with Crippen molar-refractivity contribution in [3.8, 4) is 11.5 Å². The number of likely N-dealkylation sites (tertiary alicyclic amines) is 2. The summed E-state index contributed by atoms with van der Waals surface area (Å²) in [6.07, 6.45) is 6.84. The Morgan fingerprint density at radius 2 is 2.00 bits per heavy atom. The Labute approximate surface area is 154 Å². The lowest BCUT2D eigenvalue weighted by atomic mass is 9.98. The molecule has 0 spiro atoms. The minimum Gasteiger partial charge on any atom is -0.366 e. The number of nitrogens with one attached hydrogen (secondary N) is 1. The number of rotatable bonds is 4. The molecule has 7 heteroatoms. The summed E-state index contributed by atoms with van der Waals surface area (Å²) >= 11 is 0. The normalized spacial score (nSPS) is 23.2. The second-order valence-corrected chi connectivity index (χ2v) is 7.59. The van der Waals surface area contributed by atoms with Crippen LogP contribution in [0.15, 0.2) is 22.9 Å². The molecule has 7 nitrogen and oxygen atoms in total. The van der Waals surface area contributed by atoms with Crippen LogP contribution in [0.25, 0.3) is 11.5 Å². The molecule has 0 bridgehead atoms. The first kappa shape index (κ1) is 17.4.